The summed E-state index contributed by atoms with van der Waals surface area (Å²) in [5.74, 6) is -0.174. The molecule has 1 fully saturated rings. The van der Waals surface area contributed by atoms with Crippen LogP contribution in [0.4, 0.5) is 4.79 Å². The first-order valence-corrected chi connectivity index (χ1v) is 6.85. The summed E-state index contributed by atoms with van der Waals surface area (Å²) in [6.07, 6.45) is 1.56. The van der Waals surface area contributed by atoms with Gasteiger partial charge in [-0.25, -0.2) is 4.79 Å². The zero-order valence-electron chi connectivity index (χ0n) is 10.3. The number of carbonyl (C=O) groups is 2. The average molecular weight is 267 g/mol. The molecule has 6 heteroatoms. The van der Waals surface area contributed by atoms with Gasteiger partial charge in [0.05, 0.1) is 0 Å². The number of unbranched alkanes of at least 4 members (excludes halogenated alkanes) is 1. The molecule has 18 heavy (non-hydrogen) atoms. The molecule has 0 bridgehead atoms. The maximum atomic E-state index is 12.3. The minimum Gasteiger partial charge on any atom is -0.330 e. The predicted molar refractivity (Wildman–Crippen MR) is 70.2 cm³/mol. The lowest BCUT2D eigenvalue weighted by atomic mass is 10.0. The molecule has 0 spiro atoms. The summed E-state index contributed by atoms with van der Waals surface area (Å²) >= 11 is 1.47. The third kappa shape index (κ3) is 2.13. The van der Waals surface area contributed by atoms with Crippen LogP contribution in [0.3, 0.4) is 0 Å². The molecule has 1 aliphatic rings. The molecule has 98 valence electrons. The van der Waals surface area contributed by atoms with Crippen LogP contribution in [0.25, 0.3) is 0 Å². The van der Waals surface area contributed by atoms with E-state index in [0.29, 0.717) is 13.1 Å². The Labute approximate surface area is 110 Å². The Bertz CT molecular complexity index is 446. The van der Waals surface area contributed by atoms with E-state index in [2.05, 4.69) is 5.32 Å². The fourth-order valence-electron chi connectivity index (χ4n) is 2.04. The zero-order valence-corrected chi connectivity index (χ0v) is 11.1. The summed E-state index contributed by atoms with van der Waals surface area (Å²) in [5, 5.41) is 4.68. The van der Waals surface area contributed by atoms with Crippen molar-refractivity contribution in [1.82, 2.24) is 10.2 Å². The van der Waals surface area contributed by atoms with E-state index in [1.54, 1.807) is 6.92 Å². The standard InChI is InChI=1S/C12H17N3O2S/c1-12(9-5-4-8-18-9)10(16)15(11(17)14-12)7-3-2-6-13/h4-5,8H,2-3,6-7,13H2,1H3,(H,14,17). The number of thiophene rings is 1. The second-order valence-corrected chi connectivity index (χ2v) is 5.43. The lowest BCUT2D eigenvalue weighted by Crippen LogP contribution is -2.40. The number of hydrogen-bond acceptors (Lipinski definition) is 4. The second-order valence-electron chi connectivity index (χ2n) is 4.49. The highest BCUT2D eigenvalue weighted by molar-refractivity contribution is 7.10. The Morgan fingerprint density at radius 3 is 2.83 bits per heavy atom. The summed E-state index contributed by atoms with van der Waals surface area (Å²) in [6, 6.07) is 3.43. The van der Waals surface area contributed by atoms with E-state index in [1.807, 2.05) is 17.5 Å². The molecule has 1 aromatic heterocycles. The predicted octanol–water partition coefficient (Wildman–Crippen LogP) is 1.25. The van der Waals surface area contributed by atoms with E-state index in [4.69, 9.17) is 5.73 Å². The third-order valence-corrected chi connectivity index (χ3v) is 4.22. The molecule has 1 aliphatic heterocycles. The average Bonchev–Trinajstić information content (AvgIpc) is 2.93. The molecule has 1 unspecified atom stereocenters. The molecule has 3 amide bonds. The number of nitrogens with two attached hydrogens (primary N) is 1. The van der Waals surface area contributed by atoms with Crippen molar-refractivity contribution in [1.29, 1.82) is 0 Å². The minimum absolute atomic E-state index is 0.174. The maximum Gasteiger partial charge on any atom is 0.325 e. The molecule has 2 rings (SSSR count). The highest BCUT2D eigenvalue weighted by Crippen LogP contribution is 2.31. The van der Waals surface area contributed by atoms with Crippen LogP contribution >= 0.6 is 11.3 Å². The van der Waals surface area contributed by atoms with Crippen LogP contribution in [0, 0.1) is 0 Å². The van der Waals surface area contributed by atoms with Gasteiger partial charge >= 0.3 is 6.03 Å². The Kier molecular flexibility index (Phi) is 3.68. The van der Waals surface area contributed by atoms with Crippen molar-refractivity contribution >= 4 is 23.3 Å². The molecule has 1 saturated heterocycles. The maximum absolute atomic E-state index is 12.3. The van der Waals surface area contributed by atoms with Crippen molar-refractivity contribution in [3.63, 3.8) is 0 Å². The number of carbonyl (C=O) groups excluding carboxylic acids is 2. The van der Waals surface area contributed by atoms with Crippen LogP contribution < -0.4 is 11.1 Å². The van der Waals surface area contributed by atoms with Crippen molar-refractivity contribution in [2.24, 2.45) is 5.73 Å². The van der Waals surface area contributed by atoms with Gasteiger partial charge in [-0.3, -0.25) is 9.69 Å². The molecule has 1 aromatic rings. The number of imide groups is 1. The van der Waals surface area contributed by atoms with E-state index in [0.717, 1.165) is 17.7 Å². The van der Waals surface area contributed by atoms with Crippen molar-refractivity contribution < 1.29 is 9.59 Å². The van der Waals surface area contributed by atoms with Crippen LogP contribution in [-0.2, 0) is 10.3 Å². The molecular weight excluding hydrogens is 250 g/mol. The van der Waals surface area contributed by atoms with Crippen molar-refractivity contribution in [3.05, 3.63) is 22.4 Å². The quantitative estimate of drug-likeness (QED) is 0.623. The third-order valence-electron chi connectivity index (χ3n) is 3.12. The van der Waals surface area contributed by atoms with Gasteiger partial charge in [0.1, 0.15) is 0 Å². The normalized spacial score (nSPS) is 23.6. The van der Waals surface area contributed by atoms with Gasteiger partial charge in [0, 0.05) is 11.4 Å². The molecule has 0 radical (unpaired) electrons. The Morgan fingerprint density at radius 1 is 1.44 bits per heavy atom. The zero-order chi connectivity index (χ0) is 13.2. The second kappa shape index (κ2) is 5.07. The summed E-state index contributed by atoms with van der Waals surface area (Å²) in [7, 11) is 0. The lowest BCUT2D eigenvalue weighted by Gasteiger charge is -2.20. The van der Waals surface area contributed by atoms with Gasteiger partial charge in [0.25, 0.3) is 5.91 Å². The highest BCUT2D eigenvalue weighted by Gasteiger charge is 2.49. The molecule has 3 N–H and O–H groups in total. The van der Waals surface area contributed by atoms with Crippen LogP contribution in [0.1, 0.15) is 24.6 Å². The molecule has 2 heterocycles. The lowest BCUT2D eigenvalue weighted by molar-refractivity contribution is -0.131. The van der Waals surface area contributed by atoms with Crippen LogP contribution in [0.15, 0.2) is 17.5 Å². The van der Waals surface area contributed by atoms with Gasteiger partial charge in [-0.2, -0.15) is 0 Å². The molecule has 5 nitrogen and oxygen atoms in total. The summed E-state index contributed by atoms with van der Waals surface area (Å²) in [6.45, 7) is 2.76. The van der Waals surface area contributed by atoms with E-state index in [-0.39, 0.29) is 11.9 Å². The van der Waals surface area contributed by atoms with Gasteiger partial charge in [-0.05, 0) is 37.8 Å². The molecular formula is C12H17N3O2S. The summed E-state index contributed by atoms with van der Waals surface area (Å²) in [5.41, 5.74) is 4.50. The monoisotopic (exact) mass is 267 g/mol. The Balaban J connectivity index is 2.13. The van der Waals surface area contributed by atoms with Gasteiger partial charge in [-0.15, -0.1) is 11.3 Å². The first kappa shape index (κ1) is 13.0. The van der Waals surface area contributed by atoms with Gasteiger partial charge in [0.15, 0.2) is 5.54 Å². The number of urea groups is 1. The fraction of sp³-hybridized carbons (Fsp3) is 0.500. The largest absolute Gasteiger partial charge is 0.330 e. The number of hydrogen-bond donors (Lipinski definition) is 2. The topological polar surface area (TPSA) is 75.4 Å². The van der Waals surface area contributed by atoms with Gasteiger partial charge in [-0.1, -0.05) is 6.07 Å². The van der Waals surface area contributed by atoms with Crippen LogP contribution in [-0.4, -0.2) is 29.9 Å². The van der Waals surface area contributed by atoms with Crippen molar-refractivity contribution in [2.75, 3.05) is 13.1 Å². The highest BCUT2D eigenvalue weighted by atomic mass is 32.1. The van der Waals surface area contributed by atoms with E-state index in [9.17, 15) is 9.59 Å². The number of rotatable bonds is 5. The minimum atomic E-state index is -0.909. The van der Waals surface area contributed by atoms with Gasteiger partial charge in [0.2, 0.25) is 0 Å². The molecule has 0 aliphatic carbocycles. The summed E-state index contributed by atoms with van der Waals surface area (Å²) in [4.78, 5) is 26.4. The fourth-order valence-corrected chi connectivity index (χ4v) is 2.88. The SMILES string of the molecule is CC1(c2cccs2)NC(=O)N(CCCCN)C1=O. The van der Waals surface area contributed by atoms with Crippen molar-refractivity contribution in [3.8, 4) is 0 Å². The Hall–Kier alpha value is -1.40. The van der Waals surface area contributed by atoms with Crippen LogP contribution in [0.5, 0.6) is 0 Å². The summed E-state index contributed by atoms with van der Waals surface area (Å²) < 4.78 is 0. The number of nitrogens with one attached hydrogen (secondary N) is 1. The number of amides is 3. The smallest absolute Gasteiger partial charge is 0.325 e. The van der Waals surface area contributed by atoms with E-state index in [1.165, 1.54) is 16.2 Å². The van der Waals surface area contributed by atoms with Crippen molar-refractivity contribution in [2.45, 2.75) is 25.3 Å². The first-order valence-electron chi connectivity index (χ1n) is 5.98. The molecule has 0 aromatic carbocycles. The molecule has 1 atom stereocenters. The number of nitrogens with zero attached hydrogens (tertiary/aromatic N) is 1. The Morgan fingerprint density at radius 2 is 2.22 bits per heavy atom. The van der Waals surface area contributed by atoms with Crippen LogP contribution in [0.2, 0.25) is 0 Å². The van der Waals surface area contributed by atoms with E-state index < -0.39 is 5.54 Å². The van der Waals surface area contributed by atoms with Gasteiger partial charge < -0.3 is 11.1 Å². The first-order chi connectivity index (χ1) is 8.59. The molecule has 0 saturated carbocycles. The van der Waals surface area contributed by atoms with E-state index >= 15 is 0 Å².